The van der Waals surface area contributed by atoms with Crippen LogP contribution < -0.4 is 10.6 Å². The number of carbonyl (C=O) groups is 2. The maximum atomic E-state index is 11.6. The number of carbonyl (C=O) groups excluding carboxylic acids is 2. The lowest BCUT2D eigenvalue weighted by atomic mass is 10.3. The van der Waals surface area contributed by atoms with Gasteiger partial charge in [-0.25, -0.2) is 0 Å². The second-order valence-electron chi connectivity index (χ2n) is 3.91. The molecule has 1 saturated heterocycles. The predicted molar refractivity (Wildman–Crippen MR) is 65.4 cm³/mol. The van der Waals surface area contributed by atoms with Gasteiger partial charge in [0.1, 0.15) is 0 Å². The van der Waals surface area contributed by atoms with Gasteiger partial charge in [-0.2, -0.15) is 11.8 Å². The molecule has 0 aliphatic carbocycles. The zero-order chi connectivity index (χ0) is 12.0. The normalized spacial score (nSPS) is 20.2. The van der Waals surface area contributed by atoms with Crippen LogP contribution in [0.4, 0.5) is 0 Å². The van der Waals surface area contributed by atoms with Gasteiger partial charge in [-0.15, -0.1) is 0 Å². The molecular formula is C10H19N3O2S. The Morgan fingerprint density at radius 3 is 2.81 bits per heavy atom. The molecule has 0 aromatic heterocycles. The van der Waals surface area contributed by atoms with Crippen LogP contribution in [0.2, 0.25) is 0 Å². The molecule has 0 spiro atoms. The highest BCUT2D eigenvalue weighted by Crippen LogP contribution is 2.07. The first-order chi connectivity index (χ1) is 7.61. The average molecular weight is 245 g/mol. The fourth-order valence-corrected chi connectivity index (χ4v) is 2.31. The van der Waals surface area contributed by atoms with Crippen molar-refractivity contribution in [3.63, 3.8) is 0 Å². The van der Waals surface area contributed by atoms with Gasteiger partial charge in [0.2, 0.25) is 11.8 Å². The Kier molecular flexibility index (Phi) is 5.62. The largest absolute Gasteiger partial charge is 0.354 e. The Balaban J connectivity index is 2.17. The van der Waals surface area contributed by atoms with E-state index in [0.717, 1.165) is 18.1 Å². The van der Waals surface area contributed by atoms with E-state index >= 15 is 0 Å². The minimum atomic E-state index is -0.104. The number of hydrogen-bond donors (Lipinski definition) is 2. The van der Waals surface area contributed by atoms with E-state index in [4.69, 9.17) is 0 Å². The standard InChI is InChI=1S/C10H19N3O2S/c1-13(2)9(14)3-4-12-10(15)8-7-16-6-5-11-8/h8,11H,3-7H2,1-2H3,(H,12,15). The van der Waals surface area contributed by atoms with Crippen molar-refractivity contribution in [3.8, 4) is 0 Å². The fourth-order valence-electron chi connectivity index (χ4n) is 1.37. The summed E-state index contributed by atoms with van der Waals surface area (Å²) in [6.45, 7) is 1.29. The van der Waals surface area contributed by atoms with Gasteiger partial charge in [0.25, 0.3) is 0 Å². The van der Waals surface area contributed by atoms with Crippen molar-refractivity contribution in [1.82, 2.24) is 15.5 Å². The Morgan fingerprint density at radius 1 is 1.50 bits per heavy atom. The molecule has 1 unspecified atom stereocenters. The van der Waals surface area contributed by atoms with Crippen molar-refractivity contribution >= 4 is 23.6 Å². The average Bonchev–Trinajstić information content (AvgIpc) is 2.29. The van der Waals surface area contributed by atoms with Gasteiger partial charge in [-0.3, -0.25) is 9.59 Å². The lowest BCUT2D eigenvalue weighted by Gasteiger charge is -2.22. The third kappa shape index (κ3) is 4.40. The van der Waals surface area contributed by atoms with Crippen LogP contribution in [0, 0.1) is 0 Å². The molecule has 2 amide bonds. The third-order valence-electron chi connectivity index (χ3n) is 2.38. The van der Waals surface area contributed by atoms with Gasteiger partial charge in [-0.1, -0.05) is 0 Å². The number of nitrogens with one attached hydrogen (secondary N) is 2. The van der Waals surface area contributed by atoms with Crippen molar-refractivity contribution in [2.75, 3.05) is 38.7 Å². The van der Waals surface area contributed by atoms with Crippen molar-refractivity contribution < 1.29 is 9.59 Å². The molecule has 1 fully saturated rings. The van der Waals surface area contributed by atoms with E-state index in [9.17, 15) is 9.59 Å². The first-order valence-corrected chi connectivity index (χ1v) is 6.55. The molecule has 0 aromatic carbocycles. The highest BCUT2D eigenvalue weighted by molar-refractivity contribution is 7.99. The van der Waals surface area contributed by atoms with Gasteiger partial charge < -0.3 is 15.5 Å². The molecule has 92 valence electrons. The van der Waals surface area contributed by atoms with Crippen LogP contribution in [0.1, 0.15) is 6.42 Å². The van der Waals surface area contributed by atoms with Gasteiger partial charge in [-0.05, 0) is 0 Å². The van der Waals surface area contributed by atoms with Crippen molar-refractivity contribution in [3.05, 3.63) is 0 Å². The summed E-state index contributed by atoms with van der Waals surface area (Å²) >= 11 is 1.78. The van der Waals surface area contributed by atoms with Gasteiger partial charge in [0, 0.05) is 45.1 Å². The van der Waals surface area contributed by atoms with Crippen LogP contribution in [0.25, 0.3) is 0 Å². The molecule has 1 atom stereocenters. The second-order valence-corrected chi connectivity index (χ2v) is 5.06. The summed E-state index contributed by atoms with van der Waals surface area (Å²) in [5, 5.41) is 5.93. The summed E-state index contributed by atoms with van der Waals surface area (Å²) < 4.78 is 0. The van der Waals surface area contributed by atoms with Crippen molar-refractivity contribution in [2.45, 2.75) is 12.5 Å². The minimum absolute atomic E-state index is 0.00115. The van der Waals surface area contributed by atoms with Crippen molar-refractivity contribution in [2.24, 2.45) is 0 Å². The highest BCUT2D eigenvalue weighted by atomic mass is 32.2. The van der Waals surface area contributed by atoms with E-state index in [2.05, 4.69) is 10.6 Å². The lowest BCUT2D eigenvalue weighted by molar-refractivity contribution is -0.128. The van der Waals surface area contributed by atoms with E-state index in [1.807, 2.05) is 0 Å². The molecule has 0 saturated carbocycles. The molecule has 5 nitrogen and oxygen atoms in total. The second kappa shape index (κ2) is 6.75. The Bertz CT molecular complexity index is 252. The monoisotopic (exact) mass is 245 g/mol. The summed E-state index contributed by atoms with van der Waals surface area (Å²) in [5.74, 6) is 1.90. The van der Waals surface area contributed by atoms with Gasteiger partial charge in [0.05, 0.1) is 6.04 Å². The summed E-state index contributed by atoms with van der Waals surface area (Å²) in [6, 6.07) is -0.104. The highest BCUT2D eigenvalue weighted by Gasteiger charge is 2.20. The van der Waals surface area contributed by atoms with Crippen LogP contribution in [-0.4, -0.2) is 61.4 Å². The summed E-state index contributed by atoms with van der Waals surface area (Å²) in [6.07, 6.45) is 0.360. The first-order valence-electron chi connectivity index (χ1n) is 5.40. The number of nitrogens with zero attached hydrogens (tertiary/aromatic N) is 1. The number of hydrogen-bond acceptors (Lipinski definition) is 4. The predicted octanol–water partition coefficient (Wildman–Crippen LogP) is -0.714. The molecular weight excluding hydrogens is 226 g/mol. The molecule has 1 aliphatic heterocycles. The molecule has 1 heterocycles. The Labute approximate surface area is 100 Å². The van der Waals surface area contributed by atoms with E-state index < -0.39 is 0 Å². The summed E-state index contributed by atoms with van der Waals surface area (Å²) in [5.41, 5.74) is 0. The molecule has 16 heavy (non-hydrogen) atoms. The Hall–Kier alpha value is -0.750. The van der Waals surface area contributed by atoms with E-state index in [-0.39, 0.29) is 17.9 Å². The van der Waals surface area contributed by atoms with E-state index in [1.165, 1.54) is 4.90 Å². The van der Waals surface area contributed by atoms with Crippen LogP contribution in [0.5, 0.6) is 0 Å². The number of thioether (sulfide) groups is 1. The fraction of sp³-hybridized carbons (Fsp3) is 0.800. The molecule has 0 radical (unpaired) electrons. The molecule has 1 rings (SSSR count). The summed E-state index contributed by atoms with van der Waals surface area (Å²) in [4.78, 5) is 24.4. The van der Waals surface area contributed by atoms with Crippen LogP contribution in [-0.2, 0) is 9.59 Å². The molecule has 0 bridgehead atoms. The molecule has 1 aliphatic rings. The van der Waals surface area contributed by atoms with Crippen LogP contribution in [0.3, 0.4) is 0 Å². The minimum Gasteiger partial charge on any atom is -0.354 e. The van der Waals surface area contributed by atoms with Crippen LogP contribution >= 0.6 is 11.8 Å². The maximum Gasteiger partial charge on any atom is 0.238 e. The zero-order valence-electron chi connectivity index (χ0n) is 9.78. The van der Waals surface area contributed by atoms with Gasteiger partial charge in [0.15, 0.2) is 0 Å². The molecule has 2 N–H and O–H groups in total. The number of amides is 2. The topological polar surface area (TPSA) is 61.4 Å². The maximum absolute atomic E-state index is 11.6. The molecule has 6 heteroatoms. The smallest absolute Gasteiger partial charge is 0.238 e. The molecule has 0 aromatic rings. The van der Waals surface area contributed by atoms with Crippen LogP contribution in [0.15, 0.2) is 0 Å². The SMILES string of the molecule is CN(C)C(=O)CCNC(=O)C1CSCCN1. The zero-order valence-corrected chi connectivity index (χ0v) is 10.6. The first kappa shape index (κ1) is 13.3. The van der Waals surface area contributed by atoms with E-state index in [0.29, 0.717) is 13.0 Å². The van der Waals surface area contributed by atoms with E-state index in [1.54, 1.807) is 25.9 Å². The van der Waals surface area contributed by atoms with Crippen molar-refractivity contribution in [1.29, 1.82) is 0 Å². The third-order valence-corrected chi connectivity index (χ3v) is 3.44. The quantitative estimate of drug-likeness (QED) is 0.686. The lowest BCUT2D eigenvalue weighted by Crippen LogP contribution is -2.49. The Morgan fingerprint density at radius 2 is 2.25 bits per heavy atom. The summed E-state index contributed by atoms with van der Waals surface area (Å²) in [7, 11) is 3.42. The van der Waals surface area contributed by atoms with Gasteiger partial charge >= 0.3 is 0 Å². The number of rotatable bonds is 4.